The number of carbonyl (C=O) groups is 1. The molecule has 0 aliphatic rings. The number of nitrogens with one attached hydrogen (secondary N) is 1. The van der Waals surface area contributed by atoms with Gasteiger partial charge in [-0.1, -0.05) is 18.2 Å². The van der Waals surface area contributed by atoms with Crippen LogP contribution in [-0.2, 0) is 0 Å². The molecule has 0 atom stereocenters. The first-order valence-corrected chi connectivity index (χ1v) is 5.39. The van der Waals surface area contributed by atoms with Gasteiger partial charge in [-0.05, 0) is 19.1 Å². The molecule has 1 aromatic heterocycles. The predicted molar refractivity (Wildman–Crippen MR) is 66.7 cm³/mol. The lowest BCUT2D eigenvalue weighted by atomic mass is 10.3. The number of rotatable bonds is 2. The van der Waals surface area contributed by atoms with Crippen molar-refractivity contribution in [2.24, 2.45) is 10.2 Å². The van der Waals surface area contributed by atoms with E-state index < -0.39 is 5.56 Å². The molecule has 0 unspecified atom stereocenters. The zero-order valence-electron chi connectivity index (χ0n) is 10.0. The molecule has 0 fully saturated rings. The normalized spacial score (nSPS) is 11.0. The fourth-order valence-electron chi connectivity index (χ4n) is 1.48. The van der Waals surface area contributed by atoms with E-state index in [9.17, 15) is 9.59 Å². The van der Waals surface area contributed by atoms with Gasteiger partial charge < -0.3 is 0 Å². The number of nitrogens with zero attached hydrogens (tertiary/aromatic N) is 3. The topological polar surface area (TPSA) is 79.6 Å². The van der Waals surface area contributed by atoms with Crippen molar-refractivity contribution in [1.29, 1.82) is 0 Å². The van der Waals surface area contributed by atoms with E-state index in [-0.39, 0.29) is 11.6 Å². The number of hydrogen-bond acceptors (Lipinski definition) is 4. The third-order valence-corrected chi connectivity index (χ3v) is 2.38. The van der Waals surface area contributed by atoms with E-state index in [4.69, 9.17) is 0 Å². The zero-order chi connectivity index (χ0) is 13.1. The summed E-state index contributed by atoms with van der Waals surface area (Å²) in [7, 11) is 0. The molecule has 0 saturated heterocycles. The first-order valence-electron chi connectivity index (χ1n) is 5.39. The van der Waals surface area contributed by atoms with Crippen LogP contribution in [0.3, 0.4) is 0 Å². The van der Waals surface area contributed by atoms with Gasteiger partial charge >= 0.3 is 5.56 Å². The molecule has 2 aromatic rings. The Bertz CT molecular complexity index is 652. The summed E-state index contributed by atoms with van der Waals surface area (Å²) in [6.45, 7) is 2.97. The standard InChI is InChI=1S/C12H12N4O2/c1-8-11(12(18)16(15-8)9(2)17)14-13-10-6-4-3-5-7-10/h3-7,15H,1-2H3. The molecule has 18 heavy (non-hydrogen) atoms. The molecule has 0 radical (unpaired) electrons. The van der Waals surface area contributed by atoms with Gasteiger partial charge in [0, 0.05) is 6.92 Å². The SMILES string of the molecule is CC(=O)n1[nH]c(C)c(N=Nc2ccccc2)c1=O. The Morgan fingerprint density at radius 3 is 2.44 bits per heavy atom. The van der Waals surface area contributed by atoms with Crippen molar-refractivity contribution in [3.8, 4) is 0 Å². The fourth-order valence-corrected chi connectivity index (χ4v) is 1.48. The minimum absolute atomic E-state index is 0.147. The first-order chi connectivity index (χ1) is 8.59. The molecule has 1 aromatic carbocycles. The molecule has 0 saturated carbocycles. The summed E-state index contributed by atoms with van der Waals surface area (Å²) in [5.74, 6) is -0.385. The Hall–Kier alpha value is -2.50. The van der Waals surface area contributed by atoms with Crippen LogP contribution < -0.4 is 5.56 Å². The molecular formula is C12H12N4O2. The van der Waals surface area contributed by atoms with Gasteiger partial charge in [0.2, 0.25) is 5.91 Å². The summed E-state index contributed by atoms with van der Waals surface area (Å²) in [6, 6.07) is 9.06. The van der Waals surface area contributed by atoms with E-state index in [1.54, 1.807) is 19.1 Å². The molecule has 0 aliphatic heterocycles. The Morgan fingerprint density at radius 1 is 1.22 bits per heavy atom. The summed E-state index contributed by atoms with van der Waals surface area (Å²) in [6.07, 6.45) is 0. The van der Waals surface area contributed by atoms with Crippen molar-refractivity contribution in [3.63, 3.8) is 0 Å². The van der Waals surface area contributed by atoms with Crippen molar-refractivity contribution in [2.75, 3.05) is 0 Å². The number of azo groups is 1. The Balaban J connectivity index is 2.39. The van der Waals surface area contributed by atoms with Gasteiger partial charge in [0.1, 0.15) is 0 Å². The Kier molecular flexibility index (Phi) is 3.18. The van der Waals surface area contributed by atoms with Crippen molar-refractivity contribution < 1.29 is 4.79 Å². The van der Waals surface area contributed by atoms with Crippen LogP contribution in [0.15, 0.2) is 45.4 Å². The summed E-state index contributed by atoms with van der Waals surface area (Å²) in [4.78, 5) is 23.0. The zero-order valence-corrected chi connectivity index (χ0v) is 10.0. The lowest BCUT2D eigenvalue weighted by Gasteiger charge is -1.89. The molecule has 6 nitrogen and oxygen atoms in total. The summed E-state index contributed by atoms with van der Waals surface area (Å²) < 4.78 is 0.911. The number of aromatic nitrogens is 2. The number of aromatic amines is 1. The van der Waals surface area contributed by atoms with Crippen molar-refractivity contribution in [1.82, 2.24) is 9.78 Å². The van der Waals surface area contributed by atoms with E-state index in [0.717, 1.165) is 4.68 Å². The van der Waals surface area contributed by atoms with Crippen molar-refractivity contribution in [2.45, 2.75) is 13.8 Å². The minimum atomic E-state index is -0.486. The van der Waals surface area contributed by atoms with E-state index in [1.165, 1.54) is 6.92 Å². The number of aryl methyl sites for hydroxylation is 1. The molecule has 0 bridgehead atoms. The van der Waals surface area contributed by atoms with Crippen molar-refractivity contribution >= 4 is 17.3 Å². The van der Waals surface area contributed by atoms with Crippen LogP contribution in [0.4, 0.5) is 11.4 Å². The van der Waals surface area contributed by atoms with Gasteiger partial charge in [-0.15, -0.1) is 5.11 Å². The van der Waals surface area contributed by atoms with Crippen LogP contribution >= 0.6 is 0 Å². The maximum absolute atomic E-state index is 11.8. The highest BCUT2D eigenvalue weighted by Gasteiger charge is 2.12. The average Bonchev–Trinajstić information content (AvgIpc) is 2.64. The number of H-pyrrole nitrogens is 1. The number of benzene rings is 1. The van der Waals surface area contributed by atoms with Gasteiger partial charge in [-0.2, -0.15) is 9.80 Å². The molecule has 0 aliphatic carbocycles. The molecule has 1 heterocycles. The van der Waals surface area contributed by atoms with Crippen LogP contribution in [0.1, 0.15) is 17.4 Å². The second-order valence-electron chi connectivity index (χ2n) is 3.78. The van der Waals surface area contributed by atoms with Gasteiger partial charge in [0.05, 0.1) is 11.4 Å². The van der Waals surface area contributed by atoms with E-state index in [2.05, 4.69) is 15.3 Å². The fraction of sp³-hybridized carbons (Fsp3) is 0.167. The van der Waals surface area contributed by atoms with Crippen LogP contribution in [-0.4, -0.2) is 15.7 Å². The van der Waals surface area contributed by atoms with Crippen LogP contribution in [0.25, 0.3) is 0 Å². The van der Waals surface area contributed by atoms with E-state index in [1.807, 2.05) is 18.2 Å². The van der Waals surface area contributed by atoms with Gasteiger partial charge in [0.25, 0.3) is 0 Å². The summed E-state index contributed by atoms with van der Waals surface area (Å²) in [5.41, 5.74) is 0.815. The van der Waals surface area contributed by atoms with Crippen LogP contribution in [0.2, 0.25) is 0 Å². The Morgan fingerprint density at radius 2 is 1.89 bits per heavy atom. The minimum Gasteiger partial charge on any atom is -0.291 e. The van der Waals surface area contributed by atoms with Crippen molar-refractivity contribution in [3.05, 3.63) is 46.4 Å². The number of carbonyl (C=O) groups excluding carboxylic acids is 1. The second-order valence-corrected chi connectivity index (χ2v) is 3.78. The summed E-state index contributed by atoms with van der Waals surface area (Å²) >= 11 is 0. The Labute approximate surface area is 103 Å². The van der Waals surface area contributed by atoms with E-state index >= 15 is 0 Å². The molecule has 92 valence electrons. The lowest BCUT2D eigenvalue weighted by molar-refractivity contribution is 0.0917. The highest BCUT2D eigenvalue weighted by molar-refractivity contribution is 5.75. The molecule has 0 amide bonds. The second kappa shape index (κ2) is 4.79. The third-order valence-electron chi connectivity index (χ3n) is 2.38. The lowest BCUT2D eigenvalue weighted by Crippen LogP contribution is -2.21. The highest BCUT2D eigenvalue weighted by atomic mass is 16.2. The monoisotopic (exact) mass is 244 g/mol. The van der Waals surface area contributed by atoms with Crippen LogP contribution in [0, 0.1) is 6.92 Å². The van der Waals surface area contributed by atoms with Gasteiger partial charge in [-0.3, -0.25) is 14.7 Å². The molecule has 2 rings (SSSR count). The predicted octanol–water partition coefficient (Wildman–Crippen LogP) is 2.56. The molecular weight excluding hydrogens is 232 g/mol. The van der Waals surface area contributed by atoms with Gasteiger partial charge in [-0.25, -0.2) is 0 Å². The molecule has 1 N–H and O–H groups in total. The first kappa shape index (κ1) is 12.0. The average molecular weight is 244 g/mol. The highest BCUT2D eigenvalue weighted by Crippen LogP contribution is 2.16. The maximum Gasteiger partial charge on any atom is 0.301 e. The summed E-state index contributed by atoms with van der Waals surface area (Å²) in [5, 5.41) is 10.5. The number of hydrogen-bond donors (Lipinski definition) is 1. The maximum atomic E-state index is 11.8. The largest absolute Gasteiger partial charge is 0.301 e. The van der Waals surface area contributed by atoms with Crippen LogP contribution in [0.5, 0.6) is 0 Å². The third kappa shape index (κ3) is 2.27. The smallest absolute Gasteiger partial charge is 0.291 e. The molecule has 0 spiro atoms. The van der Waals surface area contributed by atoms with Gasteiger partial charge in [0.15, 0.2) is 5.69 Å². The quantitative estimate of drug-likeness (QED) is 0.824. The molecule has 6 heteroatoms. The van der Waals surface area contributed by atoms with E-state index in [0.29, 0.717) is 11.4 Å².